The molecule has 1 N–H and O–H groups in total. The molecule has 0 bridgehead atoms. The molecule has 0 unspecified atom stereocenters. The summed E-state index contributed by atoms with van der Waals surface area (Å²) in [6.45, 7) is -1.59. The number of hydrogen-bond acceptors (Lipinski definition) is 3. The normalized spacial score (nSPS) is 12.0. The molecular formula is C5H6F3N3O. The van der Waals surface area contributed by atoms with E-state index in [4.69, 9.17) is 5.11 Å². The van der Waals surface area contributed by atoms with Gasteiger partial charge in [-0.3, -0.25) is 0 Å². The molecule has 7 heteroatoms. The van der Waals surface area contributed by atoms with Crippen LogP contribution in [0, 0.1) is 0 Å². The highest BCUT2D eigenvalue weighted by atomic mass is 19.4. The monoisotopic (exact) mass is 181 g/mol. The van der Waals surface area contributed by atoms with Gasteiger partial charge in [-0.2, -0.15) is 13.2 Å². The van der Waals surface area contributed by atoms with E-state index in [1.54, 1.807) is 0 Å². The van der Waals surface area contributed by atoms with Crippen LogP contribution in [0.4, 0.5) is 13.2 Å². The van der Waals surface area contributed by atoms with E-state index < -0.39 is 19.3 Å². The first-order valence-electron chi connectivity index (χ1n) is 3.08. The van der Waals surface area contributed by atoms with Crippen molar-refractivity contribution < 1.29 is 18.3 Å². The van der Waals surface area contributed by atoms with Crippen molar-refractivity contribution in [3.8, 4) is 0 Å². The summed E-state index contributed by atoms with van der Waals surface area (Å²) in [4.78, 5) is 0. The zero-order valence-corrected chi connectivity index (χ0v) is 5.91. The molecule has 1 rings (SSSR count). The molecule has 0 fully saturated rings. The molecule has 0 saturated carbocycles. The van der Waals surface area contributed by atoms with Crippen molar-refractivity contribution in [3.63, 3.8) is 0 Å². The number of alkyl halides is 3. The molecule has 68 valence electrons. The molecule has 0 radical (unpaired) electrons. The SMILES string of the molecule is OCc1cn(CC(F)(F)F)nn1. The maximum Gasteiger partial charge on any atom is 0.408 e. The molecule has 0 aliphatic heterocycles. The van der Waals surface area contributed by atoms with Gasteiger partial charge in [-0.15, -0.1) is 5.10 Å². The summed E-state index contributed by atoms with van der Waals surface area (Å²) in [6, 6.07) is 0. The lowest BCUT2D eigenvalue weighted by atomic mass is 10.5. The second-order valence-corrected chi connectivity index (χ2v) is 2.18. The largest absolute Gasteiger partial charge is 0.408 e. The fourth-order valence-corrected chi connectivity index (χ4v) is 0.672. The van der Waals surface area contributed by atoms with Gasteiger partial charge in [-0.05, 0) is 0 Å². The van der Waals surface area contributed by atoms with E-state index in [0.717, 1.165) is 6.20 Å². The second kappa shape index (κ2) is 3.10. The molecule has 0 atom stereocenters. The zero-order chi connectivity index (χ0) is 9.19. The van der Waals surface area contributed by atoms with Gasteiger partial charge < -0.3 is 5.11 Å². The molecule has 0 saturated heterocycles. The Kier molecular flexibility index (Phi) is 2.32. The first kappa shape index (κ1) is 8.98. The van der Waals surface area contributed by atoms with Crippen LogP contribution in [0.5, 0.6) is 0 Å². The minimum absolute atomic E-state index is 0.124. The lowest BCUT2D eigenvalue weighted by molar-refractivity contribution is -0.142. The van der Waals surface area contributed by atoms with Crippen LogP contribution in [0.25, 0.3) is 0 Å². The number of aliphatic hydroxyl groups excluding tert-OH is 1. The minimum atomic E-state index is -4.31. The third-order valence-electron chi connectivity index (χ3n) is 1.09. The molecule has 0 aromatic carbocycles. The molecule has 0 aliphatic rings. The van der Waals surface area contributed by atoms with E-state index in [-0.39, 0.29) is 5.69 Å². The van der Waals surface area contributed by atoms with Crippen molar-refractivity contribution >= 4 is 0 Å². The minimum Gasteiger partial charge on any atom is -0.390 e. The van der Waals surface area contributed by atoms with Crippen molar-refractivity contribution in [1.82, 2.24) is 15.0 Å². The Morgan fingerprint density at radius 2 is 2.17 bits per heavy atom. The summed E-state index contributed by atoms with van der Waals surface area (Å²) in [7, 11) is 0. The van der Waals surface area contributed by atoms with Crippen molar-refractivity contribution in [2.45, 2.75) is 19.3 Å². The van der Waals surface area contributed by atoms with Gasteiger partial charge in [0.25, 0.3) is 0 Å². The quantitative estimate of drug-likeness (QED) is 0.715. The Balaban J connectivity index is 2.64. The average molecular weight is 181 g/mol. The van der Waals surface area contributed by atoms with Crippen LogP contribution in [0.2, 0.25) is 0 Å². The highest BCUT2D eigenvalue weighted by molar-refractivity contribution is 4.89. The number of aliphatic hydroxyl groups is 1. The number of hydrogen-bond donors (Lipinski definition) is 1. The summed E-state index contributed by atoms with van der Waals surface area (Å²) in [5, 5.41) is 14.9. The van der Waals surface area contributed by atoms with Gasteiger partial charge in [-0.1, -0.05) is 5.21 Å². The van der Waals surface area contributed by atoms with E-state index in [1.165, 1.54) is 0 Å². The predicted molar refractivity (Wildman–Crippen MR) is 32.0 cm³/mol. The smallest absolute Gasteiger partial charge is 0.390 e. The fourth-order valence-electron chi connectivity index (χ4n) is 0.672. The number of rotatable bonds is 2. The summed E-state index contributed by atoms with van der Waals surface area (Å²) in [5.41, 5.74) is 0.124. The summed E-state index contributed by atoms with van der Waals surface area (Å²) < 4.78 is 35.7. The second-order valence-electron chi connectivity index (χ2n) is 2.18. The number of nitrogens with zero attached hydrogens (tertiary/aromatic N) is 3. The van der Waals surface area contributed by atoms with Gasteiger partial charge in [0.2, 0.25) is 0 Å². The lowest BCUT2D eigenvalue weighted by Gasteiger charge is -2.03. The Morgan fingerprint density at radius 1 is 1.50 bits per heavy atom. The third kappa shape index (κ3) is 2.50. The molecule has 12 heavy (non-hydrogen) atoms. The summed E-state index contributed by atoms with van der Waals surface area (Å²) in [6.07, 6.45) is -3.26. The van der Waals surface area contributed by atoms with Gasteiger partial charge >= 0.3 is 6.18 Å². The van der Waals surface area contributed by atoms with E-state index >= 15 is 0 Å². The van der Waals surface area contributed by atoms with Crippen LogP contribution in [0.15, 0.2) is 6.20 Å². The van der Waals surface area contributed by atoms with E-state index in [1.807, 2.05) is 0 Å². The van der Waals surface area contributed by atoms with Gasteiger partial charge in [0.1, 0.15) is 12.2 Å². The Hall–Kier alpha value is -1.11. The fraction of sp³-hybridized carbons (Fsp3) is 0.600. The molecule has 1 aromatic rings. The Labute approximate surface area is 65.6 Å². The molecular weight excluding hydrogens is 175 g/mol. The molecule has 0 amide bonds. The molecule has 4 nitrogen and oxygen atoms in total. The average Bonchev–Trinajstić information content (AvgIpc) is 2.32. The Bertz CT molecular complexity index is 257. The topological polar surface area (TPSA) is 50.9 Å². The van der Waals surface area contributed by atoms with Crippen LogP contribution in [-0.4, -0.2) is 26.3 Å². The highest BCUT2D eigenvalue weighted by Gasteiger charge is 2.28. The van der Waals surface area contributed by atoms with Crippen LogP contribution in [-0.2, 0) is 13.2 Å². The van der Waals surface area contributed by atoms with Gasteiger partial charge in [-0.25, -0.2) is 4.68 Å². The molecule has 1 heterocycles. The van der Waals surface area contributed by atoms with Crippen LogP contribution in [0.3, 0.4) is 0 Å². The summed E-state index contributed by atoms with van der Waals surface area (Å²) in [5.74, 6) is 0. The Morgan fingerprint density at radius 3 is 2.58 bits per heavy atom. The number of aromatic nitrogens is 3. The van der Waals surface area contributed by atoms with Crippen molar-refractivity contribution in [1.29, 1.82) is 0 Å². The van der Waals surface area contributed by atoms with Crippen molar-refractivity contribution in [2.24, 2.45) is 0 Å². The lowest BCUT2D eigenvalue weighted by Crippen LogP contribution is -2.18. The van der Waals surface area contributed by atoms with Crippen molar-refractivity contribution in [2.75, 3.05) is 0 Å². The first-order chi connectivity index (χ1) is 5.51. The maximum atomic E-state index is 11.7. The molecule has 1 aromatic heterocycles. The predicted octanol–water partition coefficient (Wildman–Crippen LogP) is 0.333. The zero-order valence-electron chi connectivity index (χ0n) is 5.91. The van der Waals surface area contributed by atoms with Crippen LogP contribution >= 0.6 is 0 Å². The van der Waals surface area contributed by atoms with E-state index in [0.29, 0.717) is 4.68 Å². The maximum absolute atomic E-state index is 11.7. The summed E-state index contributed by atoms with van der Waals surface area (Å²) >= 11 is 0. The van der Waals surface area contributed by atoms with E-state index in [9.17, 15) is 13.2 Å². The van der Waals surface area contributed by atoms with Gasteiger partial charge in [0, 0.05) is 0 Å². The number of halogens is 3. The van der Waals surface area contributed by atoms with Crippen molar-refractivity contribution in [3.05, 3.63) is 11.9 Å². The van der Waals surface area contributed by atoms with Gasteiger partial charge in [0.05, 0.1) is 12.8 Å². The third-order valence-corrected chi connectivity index (χ3v) is 1.09. The van der Waals surface area contributed by atoms with Gasteiger partial charge in [0.15, 0.2) is 0 Å². The molecule has 0 spiro atoms. The standard InChI is InChI=1S/C5H6F3N3O/c6-5(7,8)3-11-1-4(2-12)9-10-11/h1,12H,2-3H2. The molecule has 0 aliphatic carbocycles. The van der Waals surface area contributed by atoms with Crippen LogP contribution < -0.4 is 0 Å². The van der Waals surface area contributed by atoms with E-state index in [2.05, 4.69) is 10.3 Å². The first-order valence-corrected chi connectivity index (χ1v) is 3.08. The van der Waals surface area contributed by atoms with Crippen LogP contribution in [0.1, 0.15) is 5.69 Å². The highest BCUT2D eigenvalue weighted by Crippen LogP contribution is 2.16.